The number of anilines is 1. The van der Waals surface area contributed by atoms with E-state index >= 15 is 0 Å². The lowest BCUT2D eigenvalue weighted by atomic mass is 10.2. The zero-order valence-corrected chi connectivity index (χ0v) is 8.47. The zero-order valence-electron chi connectivity index (χ0n) is 7.71. The summed E-state index contributed by atoms with van der Waals surface area (Å²) in [5, 5.41) is 0.613. The van der Waals surface area contributed by atoms with E-state index in [9.17, 15) is 4.39 Å². The Morgan fingerprint density at radius 3 is 2.71 bits per heavy atom. The van der Waals surface area contributed by atoms with Crippen molar-refractivity contribution in [2.45, 2.75) is 6.42 Å². The van der Waals surface area contributed by atoms with Crippen molar-refractivity contribution in [3.05, 3.63) is 29.0 Å². The van der Waals surface area contributed by atoms with E-state index in [4.69, 9.17) is 11.6 Å². The van der Waals surface area contributed by atoms with Crippen molar-refractivity contribution in [3.8, 4) is 0 Å². The second-order valence-electron chi connectivity index (χ2n) is 4.26. The third-order valence-electron chi connectivity index (χ3n) is 3.23. The molecule has 1 heterocycles. The van der Waals surface area contributed by atoms with Gasteiger partial charge in [0.2, 0.25) is 0 Å². The molecule has 74 valence electrons. The van der Waals surface area contributed by atoms with E-state index in [1.807, 2.05) is 0 Å². The quantitative estimate of drug-likeness (QED) is 0.691. The fourth-order valence-electron chi connectivity index (χ4n) is 2.32. The average molecular weight is 212 g/mol. The molecule has 1 aliphatic heterocycles. The molecule has 0 N–H and O–H groups in total. The summed E-state index contributed by atoms with van der Waals surface area (Å²) in [7, 11) is 0. The molecule has 14 heavy (non-hydrogen) atoms. The van der Waals surface area contributed by atoms with Crippen molar-refractivity contribution < 1.29 is 4.39 Å². The molecule has 1 aromatic rings. The lowest BCUT2D eigenvalue weighted by molar-refractivity contribution is 0.619. The van der Waals surface area contributed by atoms with Crippen LogP contribution >= 0.6 is 11.6 Å². The SMILES string of the molecule is Fc1ccc(Cl)cc1N1CC2CC2C1. The molecule has 3 heteroatoms. The summed E-state index contributed by atoms with van der Waals surface area (Å²) in [6.45, 7) is 2.00. The van der Waals surface area contributed by atoms with Crippen molar-refractivity contribution in [2.24, 2.45) is 11.8 Å². The summed E-state index contributed by atoms with van der Waals surface area (Å²) < 4.78 is 13.5. The Labute approximate surface area is 87.5 Å². The highest BCUT2D eigenvalue weighted by Crippen LogP contribution is 2.46. The highest BCUT2D eigenvalue weighted by molar-refractivity contribution is 6.30. The molecule has 1 saturated heterocycles. The normalized spacial score (nSPS) is 29.1. The predicted octanol–water partition coefficient (Wildman–Crippen LogP) is 2.94. The standard InChI is InChI=1S/C11H11ClFN/c12-9-1-2-10(13)11(4-9)14-5-7-3-8(7)6-14/h1-2,4,7-8H,3,5-6H2. The first-order chi connectivity index (χ1) is 6.74. The van der Waals surface area contributed by atoms with Crippen LogP contribution in [-0.4, -0.2) is 13.1 Å². The number of halogens is 2. The molecule has 2 fully saturated rings. The van der Waals surface area contributed by atoms with Crippen LogP contribution in [0.2, 0.25) is 5.02 Å². The van der Waals surface area contributed by atoms with Crippen LogP contribution in [0.25, 0.3) is 0 Å². The van der Waals surface area contributed by atoms with Crippen molar-refractivity contribution >= 4 is 17.3 Å². The van der Waals surface area contributed by atoms with E-state index in [1.54, 1.807) is 12.1 Å². The Morgan fingerprint density at radius 2 is 2.00 bits per heavy atom. The molecule has 1 aromatic carbocycles. The number of hydrogen-bond donors (Lipinski definition) is 0. The van der Waals surface area contributed by atoms with Gasteiger partial charge in [-0.25, -0.2) is 4.39 Å². The minimum atomic E-state index is -0.157. The zero-order chi connectivity index (χ0) is 9.71. The highest BCUT2D eigenvalue weighted by atomic mass is 35.5. The fourth-order valence-corrected chi connectivity index (χ4v) is 2.49. The Balaban J connectivity index is 1.91. The molecule has 3 rings (SSSR count). The van der Waals surface area contributed by atoms with Crippen LogP contribution in [0.4, 0.5) is 10.1 Å². The van der Waals surface area contributed by atoms with Crippen LogP contribution in [0.5, 0.6) is 0 Å². The average Bonchev–Trinajstić information content (AvgIpc) is 2.78. The first-order valence-electron chi connectivity index (χ1n) is 4.94. The molecular weight excluding hydrogens is 201 g/mol. The molecule has 0 amide bonds. The van der Waals surface area contributed by atoms with Crippen LogP contribution in [0, 0.1) is 17.7 Å². The monoisotopic (exact) mass is 211 g/mol. The van der Waals surface area contributed by atoms with Gasteiger partial charge in [0.25, 0.3) is 0 Å². The first kappa shape index (κ1) is 8.54. The fraction of sp³-hybridized carbons (Fsp3) is 0.455. The van der Waals surface area contributed by atoms with Crippen molar-refractivity contribution in [2.75, 3.05) is 18.0 Å². The summed E-state index contributed by atoms with van der Waals surface area (Å²) in [5.74, 6) is 1.47. The summed E-state index contributed by atoms with van der Waals surface area (Å²) >= 11 is 5.85. The molecule has 2 aliphatic rings. The number of piperidine rings is 1. The number of nitrogens with zero attached hydrogens (tertiary/aromatic N) is 1. The largest absolute Gasteiger partial charge is 0.369 e. The van der Waals surface area contributed by atoms with Crippen LogP contribution in [0.3, 0.4) is 0 Å². The third-order valence-corrected chi connectivity index (χ3v) is 3.46. The van der Waals surface area contributed by atoms with Gasteiger partial charge in [0, 0.05) is 18.1 Å². The maximum atomic E-state index is 13.5. The van der Waals surface area contributed by atoms with Gasteiger partial charge in [-0.2, -0.15) is 0 Å². The first-order valence-corrected chi connectivity index (χ1v) is 5.32. The summed E-state index contributed by atoms with van der Waals surface area (Å²) in [5.41, 5.74) is 0.671. The molecule has 0 radical (unpaired) electrons. The van der Waals surface area contributed by atoms with Gasteiger partial charge >= 0.3 is 0 Å². The highest BCUT2D eigenvalue weighted by Gasteiger charge is 2.45. The van der Waals surface area contributed by atoms with Gasteiger partial charge in [0.1, 0.15) is 5.82 Å². The van der Waals surface area contributed by atoms with E-state index in [0.29, 0.717) is 10.7 Å². The Morgan fingerprint density at radius 1 is 1.29 bits per heavy atom. The van der Waals surface area contributed by atoms with Gasteiger partial charge in [-0.05, 0) is 36.5 Å². The van der Waals surface area contributed by atoms with E-state index in [1.165, 1.54) is 12.5 Å². The molecule has 0 bridgehead atoms. The molecule has 1 saturated carbocycles. The Hall–Kier alpha value is -0.760. The number of rotatable bonds is 1. The number of hydrogen-bond acceptors (Lipinski definition) is 1. The van der Waals surface area contributed by atoms with E-state index < -0.39 is 0 Å². The lowest BCUT2D eigenvalue weighted by Crippen LogP contribution is -2.22. The molecule has 2 unspecified atom stereocenters. The van der Waals surface area contributed by atoms with Gasteiger partial charge in [-0.1, -0.05) is 11.6 Å². The minimum absolute atomic E-state index is 0.157. The molecule has 0 aromatic heterocycles. The molecule has 2 atom stereocenters. The molecule has 1 nitrogen and oxygen atoms in total. The third kappa shape index (κ3) is 1.29. The van der Waals surface area contributed by atoms with Gasteiger partial charge in [-0.15, -0.1) is 0 Å². The molecule has 0 spiro atoms. The van der Waals surface area contributed by atoms with E-state index in [2.05, 4.69) is 4.90 Å². The number of fused-ring (bicyclic) bond motifs is 1. The molecular formula is C11H11ClFN. The maximum absolute atomic E-state index is 13.5. The molecule has 1 aliphatic carbocycles. The predicted molar refractivity (Wildman–Crippen MR) is 55.2 cm³/mol. The Kier molecular flexibility index (Phi) is 1.75. The lowest BCUT2D eigenvalue weighted by Gasteiger charge is -2.20. The van der Waals surface area contributed by atoms with Gasteiger partial charge in [0.15, 0.2) is 0 Å². The van der Waals surface area contributed by atoms with Crippen LogP contribution in [0.15, 0.2) is 18.2 Å². The van der Waals surface area contributed by atoms with Crippen molar-refractivity contribution in [1.82, 2.24) is 0 Å². The van der Waals surface area contributed by atoms with Crippen molar-refractivity contribution in [1.29, 1.82) is 0 Å². The summed E-state index contributed by atoms with van der Waals surface area (Å²) in [6.07, 6.45) is 1.33. The van der Waals surface area contributed by atoms with Gasteiger partial charge in [0.05, 0.1) is 5.69 Å². The maximum Gasteiger partial charge on any atom is 0.146 e. The van der Waals surface area contributed by atoms with Crippen molar-refractivity contribution in [3.63, 3.8) is 0 Å². The minimum Gasteiger partial charge on any atom is -0.369 e. The van der Waals surface area contributed by atoms with Crippen LogP contribution in [0.1, 0.15) is 6.42 Å². The topological polar surface area (TPSA) is 3.24 Å². The van der Waals surface area contributed by atoms with Crippen LogP contribution in [-0.2, 0) is 0 Å². The Bertz CT molecular complexity index is 370. The van der Waals surface area contributed by atoms with E-state index in [-0.39, 0.29) is 5.82 Å². The second-order valence-corrected chi connectivity index (χ2v) is 4.69. The second kappa shape index (κ2) is 2.86. The van der Waals surface area contributed by atoms with Gasteiger partial charge in [-0.3, -0.25) is 0 Å². The van der Waals surface area contributed by atoms with Crippen LogP contribution < -0.4 is 4.90 Å². The number of benzene rings is 1. The summed E-state index contributed by atoms with van der Waals surface area (Å²) in [6, 6.07) is 4.76. The smallest absolute Gasteiger partial charge is 0.146 e. The van der Waals surface area contributed by atoms with Gasteiger partial charge < -0.3 is 4.90 Å². The van der Waals surface area contributed by atoms with E-state index in [0.717, 1.165) is 24.9 Å². The summed E-state index contributed by atoms with van der Waals surface area (Å²) in [4.78, 5) is 2.11.